The van der Waals surface area contributed by atoms with Crippen LogP contribution in [0.15, 0.2) is 22.8 Å². The molecular formula is C14H16BrN3O. The van der Waals surface area contributed by atoms with Crippen molar-refractivity contribution in [3.8, 4) is 17.1 Å². The number of aromatic nitrogens is 2. The maximum atomic E-state index is 5.31. The average molecular weight is 322 g/mol. The monoisotopic (exact) mass is 321 g/mol. The van der Waals surface area contributed by atoms with Crippen LogP contribution in [0.1, 0.15) is 11.3 Å². The fourth-order valence-corrected chi connectivity index (χ4v) is 3.02. The highest BCUT2D eigenvalue weighted by Crippen LogP contribution is 2.30. The van der Waals surface area contributed by atoms with Gasteiger partial charge in [-0.1, -0.05) is 0 Å². The summed E-state index contributed by atoms with van der Waals surface area (Å²) in [6.07, 6.45) is 0. The van der Waals surface area contributed by atoms with Crippen molar-refractivity contribution >= 4 is 15.9 Å². The summed E-state index contributed by atoms with van der Waals surface area (Å²) in [4.78, 5) is 4.66. The quantitative estimate of drug-likeness (QED) is 0.924. The van der Waals surface area contributed by atoms with E-state index in [1.807, 2.05) is 6.07 Å². The maximum Gasteiger partial charge on any atom is 0.141 e. The number of hydrogen-bond donors (Lipinski definition) is 1. The number of fused-ring (bicyclic) bond motifs is 1. The summed E-state index contributed by atoms with van der Waals surface area (Å²) < 4.78 is 8.52. The third-order valence-electron chi connectivity index (χ3n) is 3.48. The molecule has 0 radical (unpaired) electrons. The Hall–Kier alpha value is -1.33. The molecule has 0 spiro atoms. The van der Waals surface area contributed by atoms with Gasteiger partial charge in [-0.05, 0) is 46.6 Å². The molecule has 0 aliphatic carbocycles. The van der Waals surface area contributed by atoms with Gasteiger partial charge in [-0.2, -0.15) is 0 Å². The number of rotatable bonds is 2. The Bertz CT molecular complexity index is 621. The second-order valence-electron chi connectivity index (χ2n) is 4.69. The zero-order valence-corrected chi connectivity index (χ0v) is 12.6. The molecule has 0 fully saturated rings. The normalized spacial score (nSPS) is 14.3. The Morgan fingerprint density at radius 2 is 2.26 bits per heavy atom. The van der Waals surface area contributed by atoms with Crippen molar-refractivity contribution in [3.63, 3.8) is 0 Å². The van der Waals surface area contributed by atoms with Gasteiger partial charge >= 0.3 is 0 Å². The fraction of sp³-hybridized carbons (Fsp3) is 0.357. The van der Waals surface area contributed by atoms with E-state index in [1.54, 1.807) is 7.11 Å². The first kappa shape index (κ1) is 12.7. The van der Waals surface area contributed by atoms with Crippen LogP contribution in [-0.4, -0.2) is 23.2 Å². The first-order valence-electron chi connectivity index (χ1n) is 6.31. The van der Waals surface area contributed by atoms with Gasteiger partial charge in [0.25, 0.3) is 0 Å². The number of hydrogen-bond acceptors (Lipinski definition) is 3. The van der Waals surface area contributed by atoms with Crippen LogP contribution >= 0.6 is 15.9 Å². The van der Waals surface area contributed by atoms with Gasteiger partial charge in [-0.25, -0.2) is 4.98 Å². The van der Waals surface area contributed by atoms with E-state index in [0.29, 0.717) is 0 Å². The molecule has 0 unspecified atom stereocenters. The molecule has 1 aromatic heterocycles. The van der Waals surface area contributed by atoms with Crippen LogP contribution < -0.4 is 10.1 Å². The van der Waals surface area contributed by atoms with Gasteiger partial charge in [-0.15, -0.1) is 0 Å². The topological polar surface area (TPSA) is 39.1 Å². The van der Waals surface area contributed by atoms with Crippen molar-refractivity contribution in [3.05, 3.63) is 34.1 Å². The van der Waals surface area contributed by atoms with Crippen molar-refractivity contribution in [2.24, 2.45) is 0 Å². The molecule has 1 aromatic carbocycles. The third kappa shape index (κ3) is 2.17. The van der Waals surface area contributed by atoms with E-state index < -0.39 is 0 Å². The smallest absolute Gasteiger partial charge is 0.141 e. The first-order valence-corrected chi connectivity index (χ1v) is 7.10. The number of halogens is 1. The summed E-state index contributed by atoms with van der Waals surface area (Å²) in [6, 6.07) is 6.19. The van der Waals surface area contributed by atoms with E-state index in [1.165, 1.54) is 5.69 Å². The molecule has 2 aromatic rings. The molecular weight excluding hydrogens is 306 g/mol. The van der Waals surface area contributed by atoms with Crippen molar-refractivity contribution in [1.82, 2.24) is 14.9 Å². The van der Waals surface area contributed by atoms with Crippen LogP contribution in [0.4, 0.5) is 0 Å². The SMILES string of the molecule is COc1ccc(-c2nc(Br)c3n2CCNC3)cc1C. The van der Waals surface area contributed by atoms with Gasteiger partial charge in [-0.3, -0.25) is 0 Å². The van der Waals surface area contributed by atoms with Gasteiger partial charge in [0.05, 0.1) is 12.8 Å². The summed E-state index contributed by atoms with van der Waals surface area (Å²) in [5.74, 6) is 1.93. The van der Waals surface area contributed by atoms with Crippen molar-refractivity contribution in [2.45, 2.75) is 20.0 Å². The van der Waals surface area contributed by atoms with E-state index in [-0.39, 0.29) is 0 Å². The van der Waals surface area contributed by atoms with E-state index in [4.69, 9.17) is 4.74 Å². The molecule has 0 saturated carbocycles. The molecule has 2 heterocycles. The van der Waals surface area contributed by atoms with Crippen LogP contribution in [0.5, 0.6) is 5.75 Å². The first-order chi connectivity index (χ1) is 9.20. The minimum Gasteiger partial charge on any atom is -0.496 e. The highest BCUT2D eigenvalue weighted by molar-refractivity contribution is 9.10. The second kappa shape index (κ2) is 4.98. The molecule has 0 saturated heterocycles. The summed E-state index contributed by atoms with van der Waals surface area (Å²) in [6.45, 7) is 4.86. The van der Waals surface area contributed by atoms with E-state index in [9.17, 15) is 0 Å². The minimum absolute atomic E-state index is 0.864. The number of nitrogens with zero attached hydrogens (tertiary/aromatic N) is 2. The Labute approximate surface area is 120 Å². The third-order valence-corrected chi connectivity index (χ3v) is 4.12. The molecule has 0 amide bonds. The standard InChI is InChI=1S/C14H16BrN3O/c1-9-7-10(3-4-12(9)19-2)14-17-13(15)11-8-16-5-6-18(11)14/h3-4,7,16H,5-6,8H2,1-2H3. The number of imidazole rings is 1. The van der Waals surface area contributed by atoms with Gasteiger partial charge in [0, 0.05) is 25.2 Å². The summed E-state index contributed by atoms with van der Waals surface area (Å²) in [5.41, 5.74) is 3.48. The second-order valence-corrected chi connectivity index (χ2v) is 5.44. The predicted molar refractivity (Wildman–Crippen MR) is 78.4 cm³/mol. The van der Waals surface area contributed by atoms with Crippen LogP contribution in [0.25, 0.3) is 11.4 Å². The lowest BCUT2D eigenvalue weighted by molar-refractivity contribution is 0.411. The Morgan fingerprint density at radius 3 is 3.00 bits per heavy atom. The molecule has 19 heavy (non-hydrogen) atoms. The molecule has 5 heteroatoms. The zero-order valence-electron chi connectivity index (χ0n) is 11.0. The fourth-order valence-electron chi connectivity index (χ4n) is 2.50. The number of benzene rings is 1. The molecule has 1 N–H and O–H groups in total. The van der Waals surface area contributed by atoms with Crippen molar-refractivity contribution < 1.29 is 4.74 Å². The summed E-state index contributed by atoms with van der Waals surface area (Å²) in [5, 5.41) is 3.37. The maximum absolute atomic E-state index is 5.31. The summed E-state index contributed by atoms with van der Waals surface area (Å²) >= 11 is 3.55. The lowest BCUT2D eigenvalue weighted by Crippen LogP contribution is -2.28. The highest BCUT2D eigenvalue weighted by atomic mass is 79.9. The van der Waals surface area contributed by atoms with Gasteiger partial charge in [0.1, 0.15) is 16.2 Å². The van der Waals surface area contributed by atoms with Crippen molar-refractivity contribution in [1.29, 1.82) is 0 Å². The lowest BCUT2D eigenvalue weighted by Gasteiger charge is -2.18. The number of aryl methyl sites for hydroxylation is 1. The predicted octanol–water partition coefficient (Wildman–Crippen LogP) is 2.73. The van der Waals surface area contributed by atoms with Gasteiger partial charge in [0.15, 0.2) is 0 Å². The Kier molecular flexibility index (Phi) is 3.33. The Balaban J connectivity index is 2.09. The molecule has 1 aliphatic heterocycles. The Morgan fingerprint density at radius 1 is 1.42 bits per heavy atom. The van der Waals surface area contributed by atoms with Gasteiger partial charge < -0.3 is 14.6 Å². The van der Waals surface area contributed by atoms with E-state index in [0.717, 1.165) is 46.9 Å². The minimum atomic E-state index is 0.864. The molecule has 0 bridgehead atoms. The summed E-state index contributed by atoms with van der Waals surface area (Å²) in [7, 11) is 1.70. The molecule has 100 valence electrons. The number of methoxy groups -OCH3 is 1. The largest absolute Gasteiger partial charge is 0.496 e. The average Bonchev–Trinajstić information content (AvgIpc) is 2.77. The lowest BCUT2D eigenvalue weighted by atomic mass is 10.1. The van der Waals surface area contributed by atoms with Crippen LogP contribution in [-0.2, 0) is 13.1 Å². The number of nitrogens with one attached hydrogen (secondary N) is 1. The molecule has 3 rings (SSSR count). The van der Waals surface area contributed by atoms with Crippen LogP contribution in [0.3, 0.4) is 0 Å². The molecule has 4 nitrogen and oxygen atoms in total. The molecule has 1 aliphatic rings. The van der Waals surface area contributed by atoms with Crippen LogP contribution in [0.2, 0.25) is 0 Å². The molecule has 0 atom stereocenters. The highest BCUT2D eigenvalue weighted by Gasteiger charge is 2.19. The van der Waals surface area contributed by atoms with E-state index >= 15 is 0 Å². The van der Waals surface area contributed by atoms with E-state index in [2.05, 4.69) is 49.9 Å². The van der Waals surface area contributed by atoms with Crippen LogP contribution in [0, 0.1) is 6.92 Å². The van der Waals surface area contributed by atoms with Gasteiger partial charge in [0.2, 0.25) is 0 Å². The number of ether oxygens (including phenoxy) is 1. The van der Waals surface area contributed by atoms with Crippen molar-refractivity contribution in [2.75, 3.05) is 13.7 Å². The zero-order chi connectivity index (χ0) is 13.4.